The number of nitrogens with two attached hydrogens (primary N) is 1. The number of benzene rings is 2. The average molecular weight is 420 g/mol. The molecule has 0 radical (unpaired) electrons. The first-order valence-corrected chi connectivity index (χ1v) is 9.69. The van der Waals surface area contributed by atoms with Crippen molar-refractivity contribution in [3.63, 3.8) is 0 Å². The summed E-state index contributed by atoms with van der Waals surface area (Å²) < 4.78 is 16.2. The maximum absolute atomic E-state index is 11.5. The lowest BCUT2D eigenvalue weighted by Crippen LogP contribution is -2.27. The largest absolute Gasteiger partial charge is 0.493 e. The summed E-state index contributed by atoms with van der Waals surface area (Å²) >= 11 is 0. The summed E-state index contributed by atoms with van der Waals surface area (Å²) in [6, 6.07) is 17.1. The Morgan fingerprint density at radius 1 is 1.19 bits per heavy atom. The van der Waals surface area contributed by atoms with Crippen LogP contribution >= 0.6 is 0 Å². The molecule has 8 nitrogen and oxygen atoms in total. The number of ether oxygens (including phenoxy) is 2. The van der Waals surface area contributed by atoms with Crippen LogP contribution in [0.4, 0.5) is 0 Å². The molecule has 0 spiro atoms. The molecule has 2 aromatic carbocycles. The van der Waals surface area contributed by atoms with E-state index in [-0.39, 0.29) is 17.8 Å². The van der Waals surface area contributed by atoms with Crippen molar-refractivity contribution >= 4 is 17.4 Å². The maximum atomic E-state index is 11.5. The van der Waals surface area contributed by atoms with Gasteiger partial charge >= 0.3 is 5.97 Å². The molecule has 1 heterocycles. The van der Waals surface area contributed by atoms with Crippen LogP contribution in [0.25, 0.3) is 11.5 Å². The Bertz CT molecular complexity index is 1090. The van der Waals surface area contributed by atoms with Crippen LogP contribution in [0.3, 0.4) is 0 Å². The summed E-state index contributed by atoms with van der Waals surface area (Å²) in [4.78, 5) is 16.1. The van der Waals surface area contributed by atoms with Crippen LogP contribution < -0.4 is 10.6 Å². The van der Waals surface area contributed by atoms with Crippen LogP contribution in [-0.2, 0) is 22.4 Å². The SMILES string of the molecule is COC(=O)C(=N)/C(Cc1cccc(OCCc2nc(-c3ccccc3)oc2C)c1)=N\N. The van der Waals surface area contributed by atoms with Gasteiger partial charge in [0.05, 0.1) is 25.1 Å². The average Bonchev–Trinajstić information content (AvgIpc) is 3.17. The summed E-state index contributed by atoms with van der Waals surface area (Å²) in [5.74, 6) is 6.58. The Hall–Kier alpha value is -3.94. The third kappa shape index (κ3) is 5.57. The number of carbonyl (C=O) groups excluding carboxylic acids is 1. The molecule has 3 N–H and O–H groups in total. The van der Waals surface area contributed by atoms with Gasteiger partial charge in [-0.1, -0.05) is 30.3 Å². The van der Waals surface area contributed by atoms with Gasteiger partial charge in [-0.2, -0.15) is 5.10 Å². The van der Waals surface area contributed by atoms with Gasteiger partial charge in [-0.3, -0.25) is 5.41 Å². The number of carbonyl (C=O) groups is 1. The first-order chi connectivity index (χ1) is 15.0. The van der Waals surface area contributed by atoms with E-state index in [9.17, 15) is 4.79 Å². The highest BCUT2D eigenvalue weighted by Gasteiger charge is 2.17. The van der Waals surface area contributed by atoms with Crippen LogP contribution in [0.5, 0.6) is 5.75 Å². The molecule has 1 aromatic heterocycles. The second-order valence-electron chi connectivity index (χ2n) is 6.75. The molecule has 0 unspecified atom stereocenters. The zero-order chi connectivity index (χ0) is 22.2. The number of esters is 1. The van der Waals surface area contributed by atoms with Crippen LogP contribution in [0.15, 0.2) is 64.1 Å². The molecular weight excluding hydrogens is 396 g/mol. The Morgan fingerprint density at radius 3 is 2.68 bits per heavy atom. The fourth-order valence-electron chi connectivity index (χ4n) is 2.99. The van der Waals surface area contributed by atoms with Gasteiger partial charge in [-0.25, -0.2) is 9.78 Å². The van der Waals surface area contributed by atoms with E-state index in [1.807, 2.05) is 61.5 Å². The minimum absolute atomic E-state index is 0.135. The lowest BCUT2D eigenvalue weighted by molar-refractivity contribution is -0.132. The molecule has 160 valence electrons. The molecule has 0 amide bonds. The summed E-state index contributed by atoms with van der Waals surface area (Å²) in [6.07, 6.45) is 0.805. The minimum Gasteiger partial charge on any atom is -0.493 e. The molecule has 3 rings (SSSR count). The van der Waals surface area contributed by atoms with E-state index in [1.165, 1.54) is 7.11 Å². The molecule has 0 aliphatic heterocycles. The summed E-state index contributed by atoms with van der Waals surface area (Å²) in [6.45, 7) is 2.31. The minimum atomic E-state index is -0.783. The highest BCUT2D eigenvalue weighted by Crippen LogP contribution is 2.22. The number of rotatable bonds is 9. The second kappa shape index (κ2) is 10.2. The lowest BCUT2D eigenvalue weighted by Gasteiger charge is -2.09. The standard InChI is InChI=1S/C23H24N4O4/c1-15-19(26-22(31-15)17-8-4-3-5-9-17)11-12-30-18-10-6-7-16(13-18)14-20(27-25)21(24)23(28)29-2/h3-10,13,24H,11-12,14,25H2,1-2H3/b24-21?,27-20-. The van der Waals surface area contributed by atoms with Gasteiger partial charge in [0.15, 0.2) is 5.71 Å². The van der Waals surface area contributed by atoms with Crippen molar-refractivity contribution in [3.05, 3.63) is 71.6 Å². The van der Waals surface area contributed by atoms with E-state index < -0.39 is 5.97 Å². The normalized spacial score (nSPS) is 11.2. The monoisotopic (exact) mass is 420 g/mol. The molecule has 0 atom stereocenters. The quantitative estimate of drug-likeness (QED) is 0.237. The van der Waals surface area contributed by atoms with Crippen molar-refractivity contribution in [1.82, 2.24) is 4.98 Å². The van der Waals surface area contributed by atoms with Gasteiger partial charge in [-0.05, 0) is 36.8 Å². The van der Waals surface area contributed by atoms with Crippen molar-refractivity contribution in [2.24, 2.45) is 10.9 Å². The third-order valence-electron chi connectivity index (χ3n) is 4.62. The molecule has 31 heavy (non-hydrogen) atoms. The van der Waals surface area contributed by atoms with Gasteiger partial charge in [0.1, 0.15) is 11.5 Å². The first kappa shape index (κ1) is 21.8. The predicted octanol–water partition coefficient (Wildman–Crippen LogP) is 3.32. The van der Waals surface area contributed by atoms with Gasteiger partial charge < -0.3 is 19.7 Å². The highest BCUT2D eigenvalue weighted by atomic mass is 16.5. The fraction of sp³-hybridized carbons (Fsp3) is 0.217. The van der Waals surface area contributed by atoms with E-state index in [4.69, 9.17) is 20.4 Å². The lowest BCUT2D eigenvalue weighted by atomic mass is 10.0. The number of hydrazone groups is 1. The van der Waals surface area contributed by atoms with Crippen molar-refractivity contribution in [2.45, 2.75) is 19.8 Å². The number of oxazole rings is 1. The molecule has 8 heteroatoms. The van der Waals surface area contributed by atoms with E-state index in [1.54, 1.807) is 0 Å². The van der Waals surface area contributed by atoms with Crippen LogP contribution in [0, 0.1) is 12.3 Å². The van der Waals surface area contributed by atoms with Crippen LogP contribution in [-0.4, -0.2) is 36.1 Å². The van der Waals surface area contributed by atoms with Crippen molar-refractivity contribution in [2.75, 3.05) is 13.7 Å². The Morgan fingerprint density at radius 2 is 1.97 bits per heavy atom. The Labute approximate surface area is 180 Å². The van der Waals surface area contributed by atoms with Gasteiger partial charge in [0.25, 0.3) is 0 Å². The number of aromatic nitrogens is 1. The number of hydrogen-bond acceptors (Lipinski definition) is 8. The van der Waals surface area contributed by atoms with E-state index in [0.717, 1.165) is 22.6 Å². The van der Waals surface area contributed by atoms with E-state index >= 15 is 0 Å². The molecule has 0 saturated heterocycles. The molecule has 0 aliphatic rings. The highest BCUT2D eigenvalue weighted by molar-refractivity contribution is 6.64. The third-order valence-corrected chi connectivity index (χ3v) is 4.62. The number of aryl methyl sites for hydroxylation is 1. The van der Waals surface area contributed by atoms with Gasteiger partial charge in [-0.15, -0.1) is 0 Å². The number of hydrogen-bond donors (Lipinski definition) is 2. The molecular formula is C23H24N4O4. The first-order valence-electron chi connectivity index (χ1n) is 9.69. The van der Waals surface area contributed by atoms with Crippen molar-refractivity contribution in [1.29, 1.82) is 5.41 Å². The summed E-state index contributed by atoms with van der Waals surface area (Å²) in [5, 5.41) is 11.4. The van der Waals surface area contributed by atoms with Gasteiger partial charge in [0, 0.05) is 18.4 Å². The molecule has 0 saturated carbocycles. The number of nitrogens with one attached hydrogen (secondary N) is 1. The van der Waals surface area contributed by atoms with Crippen LogP contribution in [0.2, 0.25) is 0 Å². The Balaban J connectivity index is 1.60. The zero-order valence-electron chi connectivity index (χ0n) is 17.4. The molecule has 0 aliphatic carbocycles. The van der Waals surface area contributed by atoms with Crippen LogP contribution in [0.1, 0.15) is 17.0 Å². The number of methoxy groups -OCH3 is 1. The van der Waals surface area contributed by atoms with E-state index in [2.05, 4.69) is 14.8 Å². The second-order valence-corrected chi connectivity index (χ2v) is 6.75. The predicted molar refractivity (Wildman–Crippen MR) is 117 cm³/mol. The molecule has 3 aromatic rings. The topological polar surface area (TPSA) is 124 Å². The zero-order valence-corrected chi connectivity index (χ0v) is 17.4. The van der Waals surface area contributed by atoms with E-state index in [0.29, 0.717) is 24.7 Å². The number of nitrogens with zero attached hydrogens (tertiary/aromatic N) is 2. The Kier molecular flexibility index (Phi) is 7.16. The molecule has 0 bridgehead atoms. The summed E-state index contributed by atoms with van der Waals surface area (Å²) in [5.41, 5.74) is 2.35. The summed E-state index contributed by atoms with van der Waals surface area (Å²) in [7, 11) is 1.21. The van der Waals surface area contributed by atoms with Gasteiger partial charge in [0.2, 0.25) is 5.89 Å². The van der Waals surface area contributed by atoms with Crippen molar-refractivity contribution < 1.29 is 18.7 Å². The molecule has 0 fully saturated rings. The maximum Gasteiger partial charge on any atom is 0.357 e. The smallest absolute Gasteiger partial charge is 0.357 e. The van der Waals surface area contributed by atoms with Crippen molar-refractivity contribution in [3.8, 4) is 17.2 Å². The fourth-order valence-corrected chi connectivity index (χ4v) is 2.99.